The lowest BCUT2D eigenvalue weighted by molar-refractivity contribution is -0.0616. The van der Waals surface area contributed by atoms with Gasteiger partial charge in [0, 0.05) is 0 Å². The fraction of sp³-hybridized carbons (Fsp3) is 0.600. The van der Waals surface area contributed by atoms with Crippen molar-refractivity contribution in [2.75, 3.05) is 6.61 Å². The van der Waals surface area contributed by atoms with Crippen LogP contribution in [0.3, 0.4) is 0 Å². The van der Waals surface area contributed by atoms with E-state index in [-0.39, 0.29) is 0 Å². The molecule has 2 rings (SSSR count). The Kier molecular flexibility index (Phi) is 3.29. The number of hydrogen-bond acceptors (Lipinski definition) is 5. The predicted molar refractivity (Wildman–Crippen MR) is 57.8 cm³/mol. The number of aliphatic hydroxyl groups is 2. The number of nitrogens with zero attached hydrogens (tertiary/aromatic N) is 1. The molecule has 4 atom stereocenters. The molecule has 1 aliphatic heterocycles. The van der Waals surface area contributed by atoms with Gasteiger partial charge in [0.2, 0.25) is 5.82 Å². The lowest BCUT2D eigenvalue weighted by Crippen LogP contribution is -2.44. The number of rotatable bonds is 2. The molecule has 1 saturated heterocycles. The maximum Gasteiger partial charge on any atom is 0.330 e. The van der Waals surface area contributed by atoms with Gasteiger partial charge >= 0.3 is 5.69 Å². The Bertz CT molecular complexity index is 596. The lowest BCUT2D eigenvalue weighted by Gasteiger charge is -2.24. The highest BCUT2D eigenvalue weighted by Crippen LogP contribution is 2.40. The Balaban J connectivity index is 2.51. The highest BCUT2D eigenvalue weighted by molar-refractivity contribution is 5.01. The van der Waals surface area contributed by atoms with Gasteiger partial charge in [0.25, 0.3) is 5.56 Å². The smallest absolute Gasteiger partial charge is 0.330 e. The first-order valence-corrected chi connectivity index (χ1v) is 5.43. The molecule has 1 fully saturated rings. The van der Waals surface area contributed by atoms with E-state index in [2.05, 4.69) is 0 Å². The molecule has 1 aromatic rings. The summed E-state index contributed by atoms with van der Waals surface area (Å²) < 4.78 is 33.0. The minimum atomic E-state index is -2.43. The first-order chi connectivity index (χ1) is 8.78. The van der Waals surface area contributed by atoms with E-state index in [4.69, 9.17) is 9.84 Å². The number of aromatic nitrogens is 2. The third-order valence-electron chi connectivity index (χ3n) is 3.07. The van der Waals surface area contributed by atoms with Gasteiger partial charge in [-0.1, -0.05) is 0 Å². The van der Waals surface area contributed by atoms with Crippen LogP contribution >= 0.6 is 0 Å². The van der Waals surface area contributed by atoms with Crippen molar-refractivity contribution in [2.45, 2.75) is 31.0 Å². The molecule has 0 radical (unpaired) electrons. The van der Waals surface area contributed by atoms with Gasteiger partial charge in [0.15, 0.2) is 11.9 Å². The summed E-state index contributed by atoms with van der Waals surface area (Å²) in [4.78, 5) is 24.1. The summed E-state index contributed by atoms with van der Waals surface area (Å²) >= 11 is 0. The number of aliphatic hydroxyl groups excluding tert-OH is 2. The van der Waals surface area contributed by atoms with E-state index in [0.717, 1.165) is 6.92 Å². The van der Waals surface area contributed by atoms with Crippen LogP contribution in [-0.4, -0.2) is 44.2 Å². The number of aromatic amines is 1. The largest absolute Gasteiger partial charge is 0.394 e. The molecule has 1 aliphatic rings. The molecule has 0 saturated carbocycles. The molecule has 0 aliphatic carbocycles. The summed E-state index contributed by atoms with van der Waals surface area (Å²) in [6, 6.07) is 0. The molecule has 106 valence electrons. The predicted octanol–water partition coefficient (Wildman–Crippen LogP) is -1.35. The molecule has 0 aromatic carbocycles. The summed E-state index contributed by atoms with van der Waals surface area (Å²) in [7, 11) is 0. The van der Waals surface area contributed by atoms with Crippen molar-refractivity contribution in [2.24, 2.45) is 0 Å². The molecule has 7 nitrogen and oxygen atoms in total. The minimum Gasteiger partial charge on any atom is -0.394 e. The highest BCUT2D eigenvalue weighted by Gasteiger charge is 2.55. The van der Waals surface area contributed by atoms with Gasteiger partial charge in [0.05, 0.1) is 12.8 Å². The quantitative estimate of drug-likeness (QED) is 0.620. The molecule has 2 heterocycles. The number of ether oxygens (including phenoxy) is 1. The molecule has 0 amide bonds. The fourth-order valence-electron chi connectivity index (χ4n) is 2.00. The SMILES string of the molecule is CC1(F)C(O)C(CO)OC1n1cc(F)c(=O)[nH]c1=O. The van der Waals surface area contributed by atoms with Gasteiger partial charge in [-0.3, -0.25) is 14.3 Å². The zero-order valence-corrected chi connectivity index (χ0v) is 9.84. The van der Waals surface area contributed by atoms with Crippen molar-refractivity contribution in [1.29, 1.82) is 0 Å². The van der Waals surface area contributed by atoms with Crippen molar-refractivity contribution in [3.63, 3.8) is 0 Å². The molecule has 0 bridgehead atoms. The third-order valence-corrected chi connectivity index (χ3v) is 3.07. The van der Waals surface area contributed by atoms with E-state index in [0.29, 0.717) is 10.8 Å². The van der Waals surface area contributed by atoms with Crippen LogP contribution in [0.1, 0.15) is 13.2 Å². The van der Waals surface area contributed by atoms with Gasteiger partial charge in [-0.25, -0.2) is 9.18 Å². The number of hydrogen-bond donors (Lipinski definition) is 3. The summed E-state index contributed by atoms with van der Waals surface area (Å²) in [6.45, 7) is 0.283. The number of halogens is 2. The second kappa shape index (κ2) is 4.51. The zero-order valence-electron chi connectivity index (χ0n) is 9.84. The Morgan fingerprint density at radius 3 is 2.74 bits per heavy atom. The zero-order chi connectivity index (χ0) is 14.4. The summed E-state index contributed by atoms with van der Waals surface area (Å²) in [5.41, 5.74) is -4.74. The lowest BCUT2D eigenvalue weighted by atomic mass is 9.98. The van der Waals surface area contributed by atoms with Crippen LogP contribution in [-0.2, 0) is 4.74 Å². The Morgan fingerprint density at radius 2 is 2.21 bits per heavy atom. The van der Waals surface area contributed by atoms with Crippen molar-refractivity contribution in [3.8, 4) is 0 Å². The Labute approximate surface area is 105 Å². The topological polar surface area (TPSA) is 105 Å². The molecule has 4 unspecified atom stereocenters. The van der Waals surface area contributed by atoms with Gasteiger partial charge in [-0.05, 0) is 6.92 Å². The van der Waals surface area contributed by atoms with E-state index in [9.17, 15) is 23.5 Å². The van der Waals surface area contributed by atoms with Gasteiger partial charge in [0.1, 0.15) is 12.2 Å². The number of H-pyrrole nitrogens is 1. The monoisotopic (exact) mass is 278 g/mol. The summed E-state index contributed by atoms with van der Waals surface area (Å²) in [5.74, 6) is -1.29. The molecular weight excluding hydrogens is 266 g/mol. The average molecular weight is 278 g/mol. The van der Waals surface area contributed by atoms with E-state index in [1.807, 2.05) is 0 Å². The van der Waals surface area contributed by atoms with Crippen molar-refractivity contribution < 1.29 is 23.7 Å². The Morgan fingerprint density at radius 1 is 1.58 bits per heavy atom. The molecule has 19 heavy (non-hydrogen) atoms. The first kappa shape index (κ1) is 13.8. The van der Waals surface area contributed by atoms with Crippen molar-refractivity contribution in [3.05, 3.63) is 32.9 Å². The van der Waals surface area contributed by atoms with Crippen LogP contribution in [0.5, 0.6) is 0 Å². The van der Waals surface area contributed by atoms with Gasteiger partial charge in [-0.15, -0.1) is 0 Å². The van der Waals surface area contributed by atoms with Crippen molar-refractivity contribution >= 4 is 0 Å². The molecule has 1 aromatic heterocycles. The molecule has 3 N–H and O–H groups in total. The van der Waals surface area contributed by atoms with Crippen LogP contribution in [0.15, 0.2) is 15.8 Å². The second-order valence-electron chi connectivity index (χ2n) is 4.45. The van der Waals surface area contributed by atoms with E-state index >= 15 is 0 Å². The standard InChI is InChI=1S/C10H12F2N2O5/c1-10(12)6(16)5(3-15)19-8(10)14-2-4(11)7(17)13-9(14)18/h2,5-6,8,15-16H,3H2,1H3,(H,13,17,18). The second-order valence-corrected chi connectivity index (χ2v) is 4.45. The van der Waals surface area contributed by atoms with Crippen LogP contribution in [0, 0.1) is 5.82 Å². The molecule has 9 heteroatoms. The van der Waals surface area contributed by atoms with Gasteiger partial charge < -0.3 is 14.9 Å². The van der Waals surface area contributed by atoms with Crippen LogP contribution in [0.4, 0.5) is 8.78 Å². The first-order valence-electron chi connectivity index (χ1n) is 5.43. The van der Waals surface area contributed by atoms with E-state index < -0.39 is 47.8 Å². The number of alkyl halides is 1. The van der Waals surface area contributed by atoms with Crippen molar-refractivity contribution in [1.82, 2.24) is 9.55 Å². The normalized spacial score (nSPS) is 34.7. The van der Waals surface area contributed by atoms with Crippen LogP contribution in [0.2, 0.25) is 0 Å². The summed E-state index contributed by atoms with van der Waals surface area (Å²) in [5, 5.41) is 18.6. The maximum absolute atomic E-state index is 14.3. The fourth-order valence-corrected chi connectivity index (χ4v) is 2.00. The maximum atomic E-state index is 14.3. The Hall–Kier alpha value is -1.58. The minimum absolute atomic E-state index is 0.496. The van der Waals surface area contributed by atoms with Gasteiger partial charge in [-0.2, -0.15) is 4.39 Å². The number of nitrogens with one attached hydrogen (secondary N) is 1. The molecular formula is C10H12F2N2O5. The summed E-state index contributed by atoms with van der Waals surface area (Å²) in [6.07, 6.45) is -4.10. The van der Waals surface area contributed by atoms with Crippen LogP contribution in [0.25, 0.3) is 0 Å². The molecule has 0 spiro atoms. The average Bonchev–Trinajstić information content (AvgIpc) is 2.56. The van der Waals surface area contributed by atoms with E-state index in [1.165, 1.54) is 0 Å². The van der Waals surface area contributed by atoms with E-state index in [1.54, 1.807) is 4.98 Å². The van der Waals surface area contributed by atoms with Crippen LogP contribution < -0.4 is 11.2 Å². The highest BCUT2D eigenvalue weighted by atomic mass is 19.1. The third kappa shape index (κ3) is 2.09.